The topological polar surface area (TPSA) is 75.6 Å². The summed E-state index contributed by atoms with van der Waals surface area (Å²) in [6, 6.07) is 5.88. The number of rotatable bonds is 9. The number of benzene rings is 1. The van der Waals surface area contributed by atoms with Gasteiger partial charge >= 0.3 is 5.97 Å². The molecule has 130 valence electrons. The number of hydrogen-bond donors (Lipinski definition) is 2. The lowest BCUT2D eigenvalue weighted by atomic mass is 9.90. The minimum absolute atomic E-state index is 0.00947. The van der Waals surface area contributed by atoms with Crippen LogP contribution in [0.25, 0.3) is 6.08 Å². The Balaban J connectivity index is 1.84. The third-order valence-corrected chi connectivity index (χ3v) is 4.47. The van der Waals surface area contributed by atoms with Gasteiger partial charge in [-0.15, -0.1) is 0 Å². The molecule has 5 heteroatoms. The average Bonchev–Trinajstić information content (AvgIpc) is 2.94. The molecule has 0 saturated heterocycles. The minimum Gasteiger partial charge on any atom is -0.497 e. The van der Waals surface area contributed by atoms with Crippen LogP contribution in [-0.2, 0) is 9.59 Å². The molecule has 0 radical (unpaired) electrons. The van der Waals surface area contributed by atoms with Crippen LogP contribution >= 0.6 is 0 Å². The molecule has 0 spiro atoms. The summed E-state index contributed by atoms with van der Waals surface area (Å²) in [5.74, 6) is -0.412. The van der Waals surface area contributed by atoms with Crippen molar-refractivity contribution in [1.82, 2.24) is 5.32 Å². The summed E-state index contributed by atoms with van der Waals surface area (Å²) < 4.78 is 5.21. The molecule has 0 amide bonds. The lowest BCUT2D eigenvalue weighted by Gasteiger charge is -2.16. The number of aliphatic carboxylic acids is 1. The van der Waals surface area contributed by atoms with Crippen LogP contribution in [0.5, 0.6) is 5.75 Å². The van der Waals surface area contributed by atoms with E-state index < -0.39 is 11.9 Å². The molecule has 2 N–H and O–H groups in total. The summed E-state index contributed by atoms with van der Waals surface area (Å²) in [6.07, 6.45) is 4.71. The van der Waals surface area contributed by atoms with Gasteiger partial charge in [-0.3, -0.25) is 14.9 Å². The van der Waals surface area contributed by atoms with Gasteiger partial charge in [0.1, 0.15) is 11.5 Å². The Bertz CT molecular complexity index is 636. The van der Waals surface area contributed by atoms with Crippen molar-refractivity contribution in [2.75, 3.05) is 13.7 Å². The average molecular weight is 331 g/mol. The molecule has 2 atom stereocenters. The second kappa shape index (κ2) is 8.11. The number of hydrogen-bond acceptors (Lipinski definition) is 4. The van der Waals surface area contributed by atoms with Gasteiger partial charge in [0, 0.05) is 6.42 Å². The van der Waals surface area contributed by atoms with Crippen molar-refractivity contribution in [3.05, 3.63) is 35.4 Å². The fraction of sp³-hybridized carbons (Fsp3) is 0.474. The second-order valence-electron chi connectivity index (χ2n) is 6.48. The summed E-state index contributed by atoms with van der Waals surface area (Å²) in [5, 5.41) is 12.4. The number of nitrogens with one attached hydrogen (secondary N) is 1. The van der Waals surface area contributed by atoms with E-state index in [1.807, 2.05) is 44.2 Å². The number of carbonyl (C=O) groups is 2. The number of methoxy groups -OCH3 is 1. The van der Waals surface area contributed by atoms with E-state index in [2.05, 4.69) is 5.32 Å². The molecular formula is C19H25NO4. The molecule has 2 rings (SSSR count). The minimum atomic E-state index is -0.827. The summed E-state index contributed by atoms with van der Waals surface area (Å²) in [7, 11) is 1.64. The number of carboxylic acid groups (broad SMARTS) is 1. The van der Waals surface area contributed by atoms with Gasteiger partial charge in [-0.2, -0.15) is 0 Å². The van der Waals surface area contributed by atoms with E-state index in [9.17, 15) is 9.59 Å². The van der Waals surface area contributed by atoms with Gasteiger partial charge in [0.2, 0.25) is 0 Å². The van der Waals surface area contributed by atoms with E-state index in [0.717, 1.165) is 16.9 Å². The van der Waals surface area contributed by atoms with Gasteiger partial charge in [-0.25, -0.2) is 0 Å². The first-order valence-corrected chi connectivity index (χ1v) is 8.26. The van der Waals surface area contributed by atoms with Crippen molar-refractivity contribution in [2.24, 2.45) is 11.8 Å². The molecule has 2 unspecified atom stereocenters. The molecule has 1 aliphatic rings. The zero-order valence-corrected chi connectivity index (χ0v) is 14.4. The van der Waals surface area contributed by atoms with Crippen molar-refractivity contribution in [2.45, 2.75) is 32.7 Å². The third-order valence-electron chi connectivity index (χ3n) is 4.47. The van der Waals surface area contributed by atoms with E-state index in [-0.39, 0.29) is 30.7 Å². The van der Waals surface area contributed by atoms with E-state index in [1.165, 1.54) is 0 Å². The van der Waals surface area contributed by atoms with E-state index in [0.29, 0.717) is 6.42 Å². The monoisotopic (exact) mass is 331 g/mol. The molecule has 1 aliphatic carbocycles. The Labute approximate surface area is 142 Å². The number of Topliss-reactive ketones (excluding diaryl/α,β-unsaturated/α-hetero) is 1. The van der Waals surface area contributed by atoms with Crippen LogP contribution in [0.3, 0.4) is 0 Å². The highest BCUT2D eigenvalue weighted by atomic mass is 16.5. The number of carboxylic acids is 1. The van der Waals surface area contributed by atoms with Crippen LogP contribution in [0.1, 0.15) is 43.9 Å². The lowest BCUT2D eigenvalue weighted by molar-refractivity contribution is -0.143. The number of fused-ring (bicyclic) bond motifs is 1. The maximum absolute atomic E-state index is 12.1. The maximum Gasteiger partial charge on any atom is 0.306 e. The largest absolute Gasteiger partial charge is 0.497 e. The molecule has 0 heterocycles. The highest BCUT2D eigenvalue weighted by Crippen LogP contribution is 2.30. The summed E-state index contributed by atoms with van der Waals surface area (Å²) in [6.45, 7) is 3.98. The quantitative estimate of drug-likeness (QED) is 0.727. The van der Waals surface area contributed by atoms with Crippen LogP contribution in [0.4, 0.5) is 0 Å². The molecule has 0 aromatic heterocycles. The second-order valence-corrected chi connectivity index (χ2v) is 6.48. The zero-order valence-electron chi connectivity index (χ0n) is 14.4. The summed E-state index contributed by atoms with van der Waals surface area (Å²) in [4.78, 5) is 23.2. The molecule has 1 aromatic carbocycles. The molecule has 0 aliphatic heterocycles. The van der Waals surface area contributed by atoms with Crippen molar-refractivity contribution in [1.29, 1.82) is 0 Å². The van der Waals surface area contributed by atoms with Gasteiger partial charge in [0.05, 0.1) is 25.6 Å². The van der Waals surface area contributed by atoms with Crippen LogP contribution in [0.15, 0.2) is 24.3 Å². The van der Waals surface area contributed by atoms with Crippen molar-refractivity contribution >= 4 is 17.8 Å². The Morgan fingerprint density at radius 1 is 1.33 bits per heavy atom. The lowest BCUT2D eigenvalue weighted by Crippen LogP contribution is -2.27. The number of carbonyl (C=O) groups excluding carboxylic acids is 1. The predicted octanol–water partition coefficient (Wildman–Crippen LogP) is 3.06. The van der Waals surface area contributed by atoms with Crippen molar-refractivity contribution in [3.63, 3.8) is 0 Å². The maximum atomic E-state index is 12.1. The normalized spacial score (nSPS) is 16.9. The molecule has 0 saturated carbocycles. The van der Waals surface area contributed by atoms with Gasteiger partial charge in [0.25, 0.3) is 0 Å². The van der Waals surface area contributed by atoms with Crippen LogP contribution < -0.4 is 10.1 Å². The predicted molar refractivity (Wildman–Crippen MR) is 93.0 cm³/mol. The van der Waals surface area contributed by atoms with Crippen LogP contribution in [-0.4, -0.2) is 30.5 Å². The Morgan fingerprint density at radius 3 is 2.71 bits per heavy atom. The smallest absolute Gasteiger partial charge is 0.306 e. The molecule has 0 fully saturated rings. The van der Waals surface area contributed by atoms with Gasteiger partial charge in [-0.1, -0.05) is 32.1 Å². The SMILES string of the molecule is COc1ccc2c(c1)C=CC2NCC(=O)CCC(C(=O)O)C(C)C. The fourth-order valence-corrected chi connectivity index (χ4v) is 2.96. The molecule has 1 aromatic rings. The van der Waals surface area contributed by atoms with Gasteiger partial charge < -0.3 is 9.84 Å². The van der Waals surface area contributed by atoms with Gasteiger partial charge in [0.15, 0.2) is 0 Å². The highest BCUT2D eigenvalue weighted by molar-refractivity contribution is 5.81. The standard InChI is InChI=1S/C19H25NO4/c1-12(2)16(19(22)23)7-5-14(21)11-20-18-9-4-13-10-15(24-3)6-8-17(13)18/h4,6,8-10,12,16,18,20H,5,7,11H2,1-3H3,(H,22,23). The highest BCUT2D eigenvalue weighted by Gasteiger charge is 2.23. The molecule has 5 nitrogen and oxygen atoms in total. The van der Waals surface area contributed by atoms with E-state index in [1.54, 1.807) is 7.11 Å². The molecule has 0 bridgehead atoms. The van der Waals surface area contributed by atoms with Gasteiger partial charge in [-0.05, 0) is 35.6 Å². The molecule has 24 heavy (non-hydrogen) atoms. The summed E-state index contributed by atoms with van der Waals surface area (Å²) >= 11 is 0. The fourth-order valence-electron chi connectivity index (χ4n) is 2.96. The Morgan fingerprint density at radius 2 is 2.08 bits per heavy atom. The third kappa shape index (κ3) is 4.45. The van der Waals surface area contributed by atoms with E-state index in [4.69, 9.17) is 9.84 Å². The molecular weight excluding hydrogens is 306 g/mol. The number of ether oxygens (including phenoxy) is 1. The summed E-state index contributed by atoms with van der Waals surface area (Å²) in [5.41, 5.74) is 2.21. The Kier molecular flexibility index (Phi) is 6.15. The van der Waals surface area contributed by atoms with Crippen LogP contribution in [0.2, 0.25) is 0 Å². The van der Waals surface area contributed by atoms with Crippen molar-refractivity contribution < 1.29 is 19.4 Å². The first-order valence-electron chi connectivity index (χ1n) is 8.26. The first-order chi connectivity index (χ1) is 11.4. The Hall–Kier alpha value is -2.14. The number of ketones is 1. The van der Waals surface area contributed by atoms with Crippen LogP contribution in [0, 0.1) is 11.8 Å². The zero-order chi connectivity index (χ0) is 17.7. The van der Waals surface area contributed by atoms with Crippen molar-refractivity contribution in [3.8, 4) is 5.75 Å². The first kappa shape index (κ1) is 18.2. The van der Waals surface area contributed by atoms with E-state index >= 15 is 0 Å².